The van der Waals surface area contributed by atoms with E-state index in [0.717, 1.165) is 5.82 Å². The fourth-order valence-corrected chi connectivity index (χ4v) is 3.03. The molecule has 0 aliphatic carbocycles. The Balaban J connectivity index is 2.00. The van der Waals surface area contributed by atoms with E-state index in [0.29, 0.717) is 33.9 Å². The van der Waals surface area contributed by atoms with Crippen LogP contribution in [-0.4, -0.2) is 24.2 Å². The summed E-state index contributed by atoms with van der Waals surface area (Å²) < 4.78 is 3.44. The number of hydrogen-bond donors (Lipinski definition) is 1. The summed E-state index contributed by atoms with van der Waals surface area (Å²) in [6.45, 7) is 0. The second-order valence-electron chi connectivity index (χ2n) is 5.98. The van der Waals surface area contributed by atoms with Crippen molar-refractivity contribution < 1.29 is 5.11 Å². The third kappa shape index (κ3) is 2.84. The zero-order valence-corrected chi connectivity index (χ0v) is 14.7. The van der Waals surface area contributed by atoms with Gasteiger partial charge >= 0.3 is 0 Å². The fraction of sp³-hybridized carbons (Fsp3) is 0.105. The molecule has 0 amide bonds. The molecule has 2 aromatic heterocycles. The quantitative estimate of drug-likeness (QED) is 0.604. The second kappa shape index (κ2) is 6.31. The number of aromatic hydroxyl groups is 1. The van der Waals surface area contributed by atoms with Gasteiger partial charge in [0.05, 0.1) is 23.0 Å². The minimum Gasteiger partial charge on any atom is -0.508 e. The molecule has 0 aliphatic heterocycles. The van der Waals surface area contributed by atoms with Crippen molar-refractivity contribution >= 4 is 22.5 Å². The monoisotopic (exact) mass is 366 g/mol. The molecule has 7 heteroatoms. The Labute approximate surface area is 154 Å². The first-order valence-electron chi connectivity index (χ1n) is 8.00. The Kier molecular flexibility index (Phi) is 3.97. The predicted octanol–water partition coefficient (Wildman–Crippen LogP) is 3.07. The summed E-state index contributed by atoms with van der Waals surface area (Å²) in [5, 5.41) is 10.8. The second-order valence-corrected chi connectivity index (χ2v) is 6.41. The Morgan fingerprint density at radius 2 is 1.88 bits per heavy atom. The Bertz CT molecular complexity index is 1160. The van der Waals surface area contributed by atoms with E-state index in [4.69, 9.17) is 11.6 Å². The van der Waals surface area contributed by atoms with Crippen LogP contribution in [0.4, 0.5) is 0 Å². The number of aryl methyl sites for hydroxylation is 1. The SMILES string of the molecule is Cn1ccnc1Cc1nc2cc(O)ccc2c(=O)n1-c1ccc(Cl)cc1. The van der Waals surface area contributed by atoms with Crippen molar-refractivity contribution in [3.05, 3.63) is 81.9 Å². The van der Waals surface area contributed by atoms with Crippen molar-refractivity contribution in [1.82, 2.24) is 19.1 Å². The summed E-state index contributed by atoms with van der Waals surface area (Å²) in [5.74, 6) is 1.38. The Hall–Kier alpha value is -3.12. The number of benzene rings is 2. The summed E-state index contributed by atoms with van der Waals surface area (Å²) >= 11 is 5.98. The van der Waals surface area contributed by atoms with Gasteiger partial charge in [-0.2, -0.15) is 0 Å². The number of rotatable bonds is 3. The first kappa shape index (κ1) is 16.4. The molecule has 6 nitrogen and oxygen atoms in total. The lowest BCUT2D eigenvalue weighted by Gasteiger charge is -2.14. The number of phenols is 1. The topological polar surface area (TPSA) is 72.9 Å². The number of phenolic OH excluding ortho intramolecular Hbond substituents is 1. The number of hydrogen-bond acceptors (Lipinski definition) is 4. The molecule has 2 aromatic carbocycles. The summed E-state index contributed by atoms with van der Waals surface area (Å²) in [7, 11) is 1.89. The average Bonchev–Trinajstić information content (AvgIpc) is 3.01. The number of fused-ring (bicyclic) bond motifs is 1. The number of imidazole rings is 1. The van der Waals surface area contributed by atoms with E-state index in [9.17, 15) is 9.90 Å². The van der Waals surface area contributed by atoms with E-state index < -0.39 is 0 Å². The molecule has 0 aliphatic rings. The number of aromatic nitrogens is 4. The highest BCUT2D eigenvalue weighted by Crippen LogP contribution is 2.20. The van der Waals surface area contributed by atoms with Gasteiger partial charge in [-0.3, -0.25) is 9.36 Å². The maximum Gasteiger partial charge on any atom is 0.265 e. The van der Waals surface area contributed by atoms with Crippen LogP contribution in [0.15, 0.2) is 59.7 Å². The van der Waals surface area contributed by atoms with Crippen molar-refractivity contribution in [3.63, 3.8) is 0 Å². The molecule has 0 radical (unpaired) electrons. The minimum atomic E-state index is -0.207. The molecule has 2 heterocycles. The lowest BCUT2D eigenvalue weighted by Crippen LogP contribution is -2.24. The third-order valence-corrected chi connectivity index (χ3v) is 4.50. The van der Waals surface area contributed by atoms with Gasteiger partial charge in [0.25, 0.3) is 5.56 Å². The summed E-state index contributed by atoms with van der Waals surface area (Å²) in [6.07, 6.45) is 3.91. The first-order chi connectivity index (χ1) is 12.5. The fourth-order valence-electron chi connectivity index (χ4n) is 2.90. The number of halogens is 1. The molecule has 0 fully saturated rings. The van der Waals surface area contributed by atoms with E-state index in [1.807, 2.05) is 17.8 Å². The van der Waals surface area contributed by atoms with Gasteiger partial charge in [-0.15, -0.1) is 0 Å². The van der Waals surface area contributed by atoms with Crippen LogP contribution in [0.3, 0.4) is 0 Å². The van der Waals surface area contributed by atoms with Crippen molar-refractivity contribution in [2.45, 2.75) is 6.42 Å². The third-order valence-electron chi connectivity index (χ3n) is 4.24. The smallest absolute Gasteiger partial charge is 0.265 e. The molecular formula is C19H15ClN4O2. The van der Waals surface area contributed by atoms with Gasteiger partial charge in [-0.05, 0) is 36.4 Å². The summed E-state index contributed by atoms with van der Waals surface area (Å²) in [5.41, 5.74) is 0.914. The van der Waals surface area contributed by atoms with E-state index in [-0.39, 0.29) is 11.3 Å². The molecule has 0 atom stereocenters. The van der Waals surface area contributed by atoms with Crippen LogP contribution in [0.2, 0.25) is 5.02 Å². The van der Waals surface area contributed by atoms with Gasteiger partial charge < -0.3 is 9.67 Å². The lowest BCUT2D eigenvalue weighted by molar-refractivity contribution is 0.476. The lowest BCUT2D eigenvalue weighted by atomic mass is 10.2. The highest BCUT2D eigenvalue weighted by atomic mass is 35.5. The van der Waals surface area contributed by atoms with Crippen LogP contribution in [0.1, 0.15) is 11.6 Å². The minimum absolute atomic E-state index is 0.0663. The zero-order valence-electron chi connectivity index (χ0n) is 13.9. The molecule has 26 heavy (non-hydrogen) atoms. The van der Waals surface area contributed by atoms with Crippen LogP contribution in [0.5, 0.6) is 5.75 Å². The van der Waals surface area contributed by atoms with Gasteiger partial charge in [-0.25, -0.2) is 9.97 Å². The predicted molar refractivity (Wildman–Crippen MR) is 100 cm³/mol. The summed E-state index contributed by atoms with van der Waals surface area (Å²) in [4.78, 5) is 22.1. The largest absolute Gasteiger partial charge is 0.508 e. The van der Waals surface area contributed by atoms with Crippen molar-refractivity contribution in [3.8, 4) is 11.4 Å². The number of nitrogens with zero attached hydrogens (tertiary/aromatic N) is 4. The molecule has 4 aromatic rings. The van der Waals surface area contributed by atoms with Crippen molar-refractivity contribution in [2.24, 2.45) is 7.05 Å². The van der Waals surface area contributed by atoms with Crippen LogP contribution in [-0.2, 0) is 13.5 Å². The van der Waals surface area contributed by atoms with Gasteiger partial charge in [0.2, 0.25) is 0 Å². The molecule has 1 N–H and O–H groups in total. The van der Waals surface area contributed by atoms with E-state index in [2.05, 4.69) is 9.97 Å². The Morgan fingerprint density at radius 3 is 2.58 bits per heavy atom. The molecular weight excluding hydrogens is 352 g/mol. The van der Waals surface area contributed by atoms with Crippen LogP contribution in [0, 0.1) is 0 Å². The van der Waals surface area contributed by atoms with E-state index in [1.165, 1.54) is 12.1 Å². The van der Waals surface area contributed by atoms with E-state index >= 15 is 0 Å². The van der Waals surface area contributed by atoms with Gasteiger partial charge in [0.1, 0.15) is 17.4 Å². The highest BCUT2D eigenvalue weighted by molar-refractivity contribution is 6.30. The highest BCUT2D eigenvalue weighted by Gasteiger charge is 2.15. The summed E-state index contributed by atoms with van der Waals surface area (Å²) in [6, 6.07) is 11.6. The zero-order chi connectivity index (χ0) is 18.3. The first-order valence-corrected chi connectivity index (χ1v) is 8.37. The van der Waals surface area contributed by atoms with Crippen LogP contribution in [0.25, 0.3) is 16.6 Å². The maximum absolute atomic E-state index is 13.1. The molecule has 0 unspecified atom stereocenters. The van der Waals surface area contributed by atoms with Crippen LogP contribution < -0.4 is 5.56 Å². The maximum atomic E-state index is 13.1. The standard InChI is InChI=1S/C19H15ClN4O2/c1-23-9-8-21-17(23)11-18-22-16-10-14(25)6-7-15(16)19(26)24(18)13-4-2-12(20)3-5-13/h2-10,25H,11H2,1H3. The van der Waals surface area contributed by atoms with Gasteiger partial charge in [0, 0.05) is 30.5 Å². The van der Waals surface area contributed by atoms with E-state index in [1.54, 1.807) is 41.1 Å². The molecule has 4 rings (SSSR count). The molecule has 0 spiro atoms. The van der Waals surface area contributed by atoms with Gasteiger partial charge in [-0.1, -0.05) is 11.6 Å². The van der Waals surface area contributed by atoms with Crippen molar-refractivity contribution in [1.29, 1.82) is 0 Å². The van der Waals surface area contributed by atoms with Crippen LogP contribution >= 0.6 is 11.6 Å². The normalized spacial score (nSPS) is 11.2. The molecule has 0 saturated carbocycles. The molecule has 130 valence electrons. The molecule has 0 bridgehead atoms. The van der Waals surface area contributed by atoms with Crippen molar-refractivity contribution in [2.75, 3.05) is 0 Å². The average molecular weight is 367 g/mol. The van der Waals surface area contributed by atoms with Gasteiger partial charge in [0.15, 0.2) is 0 Å². The Morgan fingerprint density at radius 1 is 1.12 bits per heavy atom. The molecule has 0 saturated heterocycles.